The van der Waals surface area contributed by atoms with E-state index in [1.165, 1.54) is 18.4 Å². The van der Waals surface area contributed by atoms with Gasteiger partial charge in [0.1, 0.15) is 0 Å². The molecule has 0 bridgehead atoms. The zero-order valence-corrected chi connectivity index (χ0v) is 13.3. The van der Waals surface area contributed by atoms with E-state index in [0.29, 0.717) is 0 Å². The van der Waals surface area contributed by atoms with Crippen molar-refractivity contribution in [1.82, 2.24) is 5.43 Å². The maximum atomic E-state index is 6.12. The first-order chi connectivity index (χ1) is 8.04. The van der Waals surface area contributed by atoms with Crippen LogP contribution in [0.25, 0.3) is 0 Å². The van der Waals surface area contributed by atoms with Gasteiger partial charge in [-0.15, -0.1) is 0 Å². The summed E-state index contributed by atoms with van der Waals surface area (Å²) >= 11 is 8.35. The number of halogens is 2. The monoisotopic (exact) mass is 366 g/mol. The molecule has 3 N–H and O–H groups in total. The lowest BCUT2D eigenvalue weighted by molar-refractivity contribution is 0.455. The average molecular weight is 367 g/mol. The van der Waals surface area contributed by atoms with Crippen LogP contribution in [0.1, 0.15) is 44.7 Å². The molecule has 0 radical (unpaired) electrons. The highest BCUT2D eigenvalue weighted by Crippen LogP contribution is 2.26. The Morgan fingerprint density at radius 1 is 1.35 bits per heavy atom. The second kappa shape index (κ2) is 7.56. The lowest BCUT2D eigenvalue weighted by Gasteiger charge is -2.17. The first-order valence-electron chi connectivity index (χ1n) is 5.95. The molecule has 0 aliphatic heterocycles. The van der Waals surface area contributed by atoms with Crippen LogP contribution in [0, 0.1) is 9.49 Å². The van der Waals surface area contributed by atoms with E-state index in [2.05, 4.69) is 47.9 Å². The molecule has 1 rings (SSSR count). The van der Waals surface area contributed by atoms with E-state index in [9.17, 15) is 0 Å². The highest BCUT2D eigenvalue weighted by Gasteiger charge is 2.11. The minimum Gasteiger partial charge on any atom is -0.271 e. The van der Waals surface area contributed by atoms with Gasteiger partial charge in [-0.1, -0.05) is 44.4 Å². The van der Waals surface area contributed by atoms with Crippen LogP contribution in [0.3, 0.4) is 0 Å². The first kappa shape index (κ1) is 15.2. The molecule has 1 atom stereocenters. The molecule has 4 heteroatoms. The van der Waals surface area contributed by atoms with Crippen molar-refractivity contribution in [3.63, 3.8) is 0 Å². The molecule has 1 aromatic carbocycles. The third-order valence-electron chi connectivity index (χ3n) is 2.82. The van der Waals surface area contributed by atoms with Crippen LogP contribution in [0.2, 0.25) is 5.02 Å². The van der Waals surface area contributed by atoms with E-state index in [0.717, 1.165) is 20.9 Å². The standard InChI is InChI=1S/C13H20ClIN2/c1-9(2)4-3-5-13(17-16)10-6-7-12(15)11(14)8-10/h6-9,13,17H,3-5,16H2,1-2H3. The molecule has 0 heterocycles. The number of nitrogens with one attached hydrogen (secondary N) is 1. The Kier molecular flexibility index (Phi) is 6.77. The van der Waals surface area contributed by atoms with Crippen molar-refractivity contribution in [3.05, 3.63) is 32.4 Å². The van der Waals surface area contributed by atoms with E-state index < -0.39 is 0 Å². The molecule has 0 amide bonds. The third-order valence-corrected chi connectivity index (χ3v) is 4.39. The van der Waals surface area contributed by atoms with Gasteiger partial charge in [-0.05, 0) is 52.6 Å². The molecular weight excluding hydrogens is 347 g/mol. The van der Waals surface area contributed by atoms with Crippen LogP contribution in [-0.2, 0) is 0 Å². The predicted octanol–water partition coefficient (Wildman–Crippen LogP) is 4.28. The lowest BCUT2D eigenvalue weighted by atomic mass is 9.98. The van der Waals surface area contributed by atoms with E-state index in [4.69, 9.17) is 17.4 Å². The smallest absolute Gasteiger partial charge is 0.0542 e. The van der Waals surface area contributed by atoms with Gasteiger partial charge in [0.25, 0.3) is 0 Å². The SMILES string of the molecule is CC(C)CCCC(NN)c1ccc(I)c(Cl)c1. The lowest BCUT2D eigenvalue weighted by Crippen LogP contribution is -2.28. The fourth-order valence-electron chi connectivity index (χ4n) is 1.81. The molecule has 1 unspecified atom stereocenters. The summed E-state index contributed by atoms with van der Waals surface area (Å²) in [6, 6.07) is 6.32. The summed E-state index contributed by atoms with van der Waals surface area (Å²) in [4.78, 5) is 0. The van der Waals surface area contributed by atoms with Crippen molar-refractivity contribution in [2.24, 2.45) is 11.8 Å². The minimum absolute atomic E-state index is 0.197. The molecule has 0 fully saturated rings. The normalized spacial score (nSPS) is 13.1. The van der Waals surface area contributed by atoms with Gasteiger partial charge >= 0.3 is 0 Å². The Labute approximate surface area is 122 Å². The summed E-state index contributed by atoms with van der Waals surface area (Å²) in [7, 11) is 0. The van der Waals surface area contributed by atoms with Crippen molar-refractivity contribution >= 4 is 34.2 Å². The number of hydrazine groups is 1. The molecule has 0 spiro atoms. The maximum absolute atomic E-state index is 6.12. The van der Waals surface area contributed by atoms with Gasteiger partial charge in [-0.2, -0.15) is 0 Å². The van der Waals surface area contributed by atoms with Gasteiger partial charge in [-0.25, -0.2) is 0 Å². The van der Waals surface area contributed by atoms with Gasteiger partial charge in [0.2, 0.25) is 0 Å². The van der Waals surface area contributed by atoms with Gasteiger partial charge in [0, 0.05) is 9.61 Å². The Bertz CT molecular complexity index is 355. The summed E-state index contributed by atoms with van der Waals surface area (Å²) in [6.07, 6.45) is 3.46. The van der Waals surface area contributed by atoms with Gasteiger partial charge in [-0.3, -0.25) is 11.3 Å². The maximum Gasteiger partial charge on any atom is 0.0542 e. The Balaban J connectivity index is 2.62. The molecule has 1 aromatic rings. The van der Waals surface area contributed by atoms with Crippen molar-refractivity contribution in [2.75, 3.05) is 0 Å². The molecular formula is C13H20ClIN2. The molecule has 0 saturated heterocycles. The Morgan fingerprint density at radius 3 is 2.59 bits per heavy atom. The van der Waals surface area contributed by atoms with Crippen molar-refractivity contribution in [1.29, 1.82) is 0 Å². The Morgan fingerprint density at radius 2 is 2.06 bits per heavy atom. The molecule has 0 aromatic heterocycles. The van der Waals surface area contributed by atoms with Crippen molar-refractivity contribution in [3.8, 4) is 0 Å². The quantitative estimate of drug-likeness (QED) is 0.448. The molecule has 17 heavy (non-hydrogen) atoms. The summed E-state index contributed by atoms with van der Waals surface area (Å²) < 4.78 is 1.07. The van der Waals surface area contributed by atoms with E-state index in [-0.39, 0.29) is 6.04 Å². The van der Waals surface area contributed by atoms with Gasteiger partial charge in [0.05, 0.1) is 5.02 Å². The third kappa shape index (κ3) is 5.12. The summed E-state index contributed by atoms with van der Waals surface area (Å²) in [5, 5.41) is 0.798. The van der Waals surface area contributed by atoms with Crippen LogP contribution in [0.4, 0.5) is 0 Å². The highest BCUT2D eigenvalue weighted by atomic mass is 127. The molecule has 0 saturated carbocycles. The van der Waals surface area contributed by atoms with Crippen molar-refractivity contribution in [2.45, 2.75) is 39.2 Å². The average Bonchev–Trinajstić information content (AvgIpc) is 2.28. The summed E-state index contributed by atoms with van der Waals surface area (Å²) in [6.45, 7) is 4.49. The molecule has 96 valence electrons. The molecule has 0 aliphatic rings. The molecule has 2 nitrogen and oxygen atoms in total. The minimum atomic E-state index is 0.197. The van der Waals surface area contributed by atoms with E-state index in [1.807, 2.05) is 12.1 Å². The highest BCUT2D eigenvalue weighted by molar-refractivity contribution is 14.1. The first-order valence-corrected chi connectivity index (χ1v) is 7.41. The summed E-state index contributed by atoms with van der Waals surface area (Å²) in [5.41, 5.74) is 4.05. The second-order valence-corrected chi connectivity index (χ2v) is 6.29. The van der Waals surface area contributed by atoms with Crippen LogP contribution >= 0.6 is 34.2 Å². The van der Waals surface area contributed by atoms with E-state index >= 15 is 0 Å². The van der Waals surface area contributed by atoms with Gasteiger partial charge < -0.3 is 0 Å². The zero-order valence-electron chi connectivity index (χ0n) is 10.3. The fraction of sp³-hybridized carbons (Fsp3) is 0.538. The van der Waals surface area contributed by atoms with Crippen LogP contribution in [0.5, 0.6) is 0 Å². The van der Waals surface area contributed by atoms with Crippen LogP contribution in [-0.4, -0.2) is 0 Å². The number of hydrogen-bond acceptors (Lipinski definition) is 2. The second-order valence-electron chi connectivity index (χ2n) is 4.72. The number of nitrogens with two attached hydrogens (primary N) is 1. The molecule has 0 aliphatic carbocycles. The largest absolute Gasteiger partial charge is 0.271 e. The zero-order chi connectivity index (χ0) is 12.8. The van der Waals surface area contributed by atoms with Crippen LogP contribution in [0.15, 0.2) is 18.2 Å². The summed E-state index contributed by atoms with van der Waals surface area (Å²) in [5.74, 6) is 6.36. The number of hydrogen-bond donors (Lipinski definition) is 2. The fourth-order valence-corrected chi connectivity index (χ4v) is 2.33. The van der Waals surface area contributed by atoms with Gasteiger partial charge in [0.15, 0.2) is 0 Å². The van der Waals surface area contributed by atoms with Crippen LogP contribution < -0.4 is 11.3 Å². The van der Waals surface area contributed by atoms with Crippen molar-refractivity contribution < 1.29 is 0 Å². The number of rotatable bonds is 6. The number of benzene rings is 1. The predicted molar refractivity (Wildman–Crippen MR) is 82.9 cm³/mol. The van der Waals surface area contributed by atoms with E-state index in [1.54, 1.807) is 0 Å². The topological polar surface area (TPSA) is 38.0 Å². The Hall–Kier alpha value is 0.160.